The van der Waals surface area contributed by atoms with Gasteiger partial charge in [0.15, 0.2) is 12.4 Å². The number of carbonyl (C=O) groups is 1. The molecule has 0 radical (unpaired) electrons. The van der Waals surface area contributed by atoms with Gasteiger partial charge in [0.1, 0.15) is 12.4 Å². The molecule has 6 nitrogen and oxygen atoms in total. The van der Waals surface area contributed by atoms with Crippen LogP contribution in [0.5, 0.6) is 5.75 Å². The highest BCUT2D eigenvalue weighted by Gasteiger charge is 2.09. The van der Waals surface area contributed by atoms with Gasteiger partial charge >= 0.3 is 0 Å². The fourth-order valence-corrected chi connectivity index (χ4v) is 2.11. The van der Waals surface area contributed by atoms with Gasteiger partial charge in [0.25, 0.3) is 5.89 Å². The van der Waals surface area contributed by atoms with Crippen molar-refractivity contribution in [2.75, 3.05) is 13.7 Å². The summed E-state index contributed by atoms with van der Waals surface area (Å²) in [6, 6.07) is 16.2. The Hall–Kier alpha value is -2.99. The molecular formula is C18H16N2O4. The third-order valence-electron chi connectivity index (χ3n) is 3.31. The standard InChI is InChI=1S/C18H16N2O4/c1-22-12-17-19-18(20-24-17)14-7-9-15(10-8-14)23-11-16(21)13-5-3-2-4-6-13/h2-10H,11-12H2,1H3. The molecule has 0 unspecified atom stereocenters. The van der Waals surface area contributed by atoms with E-state index in [1.54, 1.807) is 31.4 Å². The lowest BCUT2D eigenvalue weighted by Gasteiger charge is -2.06. The molecule has 1 heterocycles. The van der Waals surface area contributed by atoms with E-state index in [9.17, 15) is 4.79 Å². The summed E-state index contributed by atoms with van der Waals surface area (Å²) in [4.78, 5) is 16.2. The van der Waals surface area contributed by atoms with E-state index in [1.807, 2.05) is 30.3 Å². The quantitative estimate of drug-likeness (QED) is 0.622. The zero-order valence-corrected chi connectivity index (χ0v) is 13.1. The van der Waals surface area contributed by atoms with Crippen molar-refractivity contribution in [1.82, 2.24) is 10.1 Å². The molecule has 3 rings (SSSR count). The first-order valence-corrected chi connectivity index (χ1v) is 7.39. The summed E-state index contributed by atoms with van der Waals surface area (Å²) < 4.78 is 15.5. The number of methoxy groups -OCH3 is 1. The van der Waals surface area contributed by atoms with Gasteiger partial charge in [-0.15, -0.1) is 0 Å². The number of ether oxygens (including phenoxy) is 2. The highest BCUT2D eigenvalue weighted by molar-refractivity contribution is 5.97. The molecule has 0 bridgehead atoms. The molecule has 0 aliphatic heterocycles. The summed E-state index contributed by atoms with van der Waals surface area (Å²) in [7, 11) is 1.56. The van der Waals surface area contributed by atoms with Crippen molar-refractivity contribution in [3.05, 3.63) is 66.1 Å². The maximum absolute atomic E-state index is 12.0. The van der Waals surface area contributed by atoms with Gasteiger partial charge in [0, 0.05) is 18.2 Å². The van der Waals surface area contributed by atoms with Crippen LogP contribution < -0.4 is 4.74 Å². The number of carbonyl (C=O) groups excluding carboxylic acids is 1. The number of hydrogen-bond acceptors (Lipinski definition) is 6. The van der Waals surface area contributed by atoms with E-state index in [0.29, 0.717) is 23.0 Å². The second kappa shape index (κ2) is 7.52. The second-order valence-electron chi connectivity index (χ2n) is 5.05. The predicted molar refractivity (Wildman–Crippen MR) is 86.7 cm³/mol. The van der Waals surface area contributed by atoms with Crippen molar-refractivity contribution in [2.45, 2.75) is 6.61 Å². The number of ketones is 1. The maximum atomic E-state index is 12.0. The number of hydrogen-bond donors (Lipinski definition) is 0. The van der Waals surface area contributed by atoms with E-state index < -0.39 is 0 Å². The van der Waals surface area contributed by atoms with Gasteiger partial charge in [-0.25, -0.2) is 0 Å². The van der Waals surface area contributed by atoms with Crippen LogP contribution in [0.1, 0.15) is 16.2 Å². The Morgan fingerprint density at radius 2 is 1.83 bits per heavy atom. The molecule has 0 saturated carbocycles. The summed E-state index contributed by atoms with van der Waals surface area (Å²) in [5.41, 5.74) is 1.43. The Kier molecular flexibility index (Phi) is 4.98. The monoisotopic (exact) mass is 324 g/mol. The van der Waals surface area contributed by atoms with Crippen LogP contribution in [0.4, 0.5) is 0 Å². The number of nitrogens with zero attached hydrogens (tertiary/aromatic N) is 2. The van der Waals surface area contributed by atoms with E-state index in [2.05, 4.69) is 10.1 Å². The minimum Gasteiger partial charge on any atom is -0.485 e. The summed E-state index contributed by atoms with van der Waals surface area (Å²) in [5, 5.41) is 3.89. The van der Waals surface area contributed by atoms with Crippen LogP contribution in [0.25, 0.3) is 11.4 Å². The van der Waals surface area contributed by atoms with Crippen LogP contribution in [-0.4, -0.2) is 29.6 Å². The lowest BCUT2D eigenvalue weighted by molar-refractivity contribution is 0.0921. The zero-order chi connectivity index (χ0) is 16.8. The van der Waals surface area contributed by atoms with E-state index >= 15 is 0 Å². The largest absolute Gasteiger partial charge is 0.485 e. The fourth-order valence-electron chi connectivity index (χ4n) is 2.11. The molecular weight excluding hydrogens is 308 g/mol. The highest BCUT2D eigenvalue weighted by atomic mass is 16.5. The third kappa shape index (κ3) is 3.85. The van der Waals surface area contributed by atoms with Crippen LogP contribution in [0.2, 0.25) is 0 Å². The van der Waals surface area contributed by atoms with E-state index in [0.717, 1.165) is 5.56 Å². The molecule has 0 atom stereocenters. The fraction of sp³-hybridized carbons (Fsp3) is 0.167. The maximum Gasteiger partial charge on any atom is 0.252 e. The number of rotatable bonds is 7. The van der Waals surface area contributed by atoms with Gasteiger partial charge in [0.2, 0.25) is 5.82 Å². The van der Waals surface area contributed by atoms with Crippen molar-refractivity contribution in [3.63, 3.8) is 0 Å². The third-order valence-corrected chi connectivity index (χ3v) is 3.31. The minimum absolute atomic E-state index is 0.0104. The number of Topliss-reactive ketones (excluding diaryl/α,β-unsaturated/α-hetero) is 1. The van der Waals surface area contributed by atoms with Crippen LogP contribution in [-0.2, 0) is 11.3 Å². The van der Waals surface area contributed by atoms with Crippen molar-refractivity contribution >= 4 is 5.78 Å². The Balaban J connectivity index is 1.61. The van der Waals surface area contributed by atoms with Gasteiger partial charge < -0.3 is 14.0 Å². The molecule has 0 aliphatic rings. The molecule has 0 saturated heterocycles. The van der Waals surface area contributed by atoms with Gasteiger partial charge in [-0.05, 0) is 24.3 Å². The highest BCUT2D eigenvalue weighted by Crippen LogP contribution is 2.20. The Bertz CT molecular complexity index is 797. The van der Waals surface area contributed by atoms with Crippen molar-refractivity contribution in [3.8, 4) is 17.1 Å². The van der Waals surface area contributed by atoms with Gasteiger partial charge in [-0.2, -0.15) is 4.98 Å². The second-order valence-corrected chi connectivity index (χ2v) is 5.05. The molecule has 24 heavy (non-hydrogen) atoms. The van der Waals surface area contributed by atoms with Crippen LogP contribution in [0.3, 0.4) is 0 Å². The predicted octanol–water partition coefficient (Wildman–Crippen LogP) is 3.14. The molecule has 122 valence electrons. The van der Waals surface area contributed by atoms with Gasteiger partial charge in [-0.3, -0.25) is 4.79 Å². The lowest BCUT2D eigenvalue weighted by Crippen LogP contribution is -2.11. The molecule has 6 heteroatoms. The SMILES string of the molecule is COCc1nc(-c2ccc(OCC(=O)c3ccccc3)cc2)no1. The summed E-state index contributed by atoms with van der Waals surface area (Å²) in [6.45, 7) is 0.263. The molecule has 0 spiro atoms. The first-order chi connectivity index (χ1) is 11.8. The van der Waals surface area contributed by atoms with Crippen molar-refractivity contribution in [2.24, 2.45) is 0 Å². The van der Waals surface area contributed by atoms with Crippen LogP contribution in [0, 0.1) is 0 Å². The number of benzene rings is 2. The topological polar surface area (TPSA) is 74.5 Å². The van der Waals surface area contributed by atoms with E-state index in [1.165, 1.54) is 0 Å². The lowest BCUT2D eigenvalue weighted by atomic mass is 10.1. The van der Waals surface area contributed by atoms with E-state index in [4.69, 9.17) is 14.0 Å². The van der Waals surface area contributed by atoms with Gasteiger partial charge in [-0.1, -0.05) is 35.5 Å². The smallest absolute Gasteiger partial charge is 0.252 e. The Labute approximate surface area is 139 Å². The summed E-state index contributed by atoms with van der Waals surface area (Å²) in [6.07, 6.45) is 0. The molecule has 1 aromatic heterocycles. The molecule has 0 fully saturated rings. The number of aromatic nitrogens is 2. The van der Waals surface area contributed by atoms with Crippen molar-refractivity contribution < 1.29 is 18.8 Å². The average Bonchev–Trinajstić information content (AvgIpc) is 3.10. The zero-order valence-electron chi connectivity index (χ0n) is 13.1. The van der Waals surface area contributed by atoms with Crippen LogP contribution in [0.15, 0.2) is 59.1 Å². The average molecular weight is 324 g/mol. The Morgan fingerprint density at radius 3 is 2.54 bits per heavy atom. The first-order valence-electron chi connectivity index (χ1n) is 7.39. The minimum atomic E-state index is -0.0675. The first kappa shape index (κ1) is 15.9. The Morgan fingerprint density at radius 1 is 1.08 bits per heavy atom. The molecule has 0 N–H and O–H groups in total. The van der Waals surface area contributed by atoms with Gasteiger partial charge in [0.05, 0.1) is 0 Å². The van der Waals surface area contributed by atoms with Crippen molar-refractivity contribution in [1.29, 1.82) is 0 Å². The van der Waals surface area contributed by atoms with E-state index in [-0.39, 0.29) is 19.0 Å². The summed E-state index contributed by atoms with van der Waals surface area (Å²) in [5.74, 6) is 1.43. The molecule has 0 aliphatic carbocycles. The normalized spacial score (nSPS) is 10.5. The van der Waals surface area contributed by atoms with Crippen LogP contribution >= 0.6 is 0 Å². The molecule has 2 aromatic carbocycles. The molecule has 3 aromatic rings. The molecule has 0 amide bonds. The summed E-state index contributed by atoms with van der Waals surface area (Å²) >= 11 is 0.